The van der Waals surface area contributed by atoms with Crippen molar-refractivity contribution in [3.05, 3.63) is 59.3 Å². The minimum absolute atomic E-state index is 0.0598. The number of benzene rings is 2. The third-order valence-corrected chi connectivity index (χ3v) is 6.73. The summed E-state index contributed by atoms with van der Waals surface area (Å²) >= 11 is 0. The van der Waals surface area contributed by atoms with Crippen LogP contribution in [0.2, 0.25) is 0 Å². The number of methoxy groups -OCH3 is 1. The number of carbonyl (C=O) groups excluding carboxylic acids is 2. The van der Waals surface area contributed by atoms with E-state index in [4.69, 9.17) is 4.74 Å². The summed E-state index contributed by atoms with van der Waals surface area (Å²) in [4.78, 5) is 32.2. The highest BCUT2D eigenvalue weighted by molar-refractivity contribution is 5.98. The fourth-order valence-electron chi connectivity index (χ4n) is 4.96. The number of fused-ring (bicyclic) bond motifs is 1. The Balaban J connectivity index is 1.28. The van der Waals surface area contributed by atoms with Crippen LogP contribution in [0.25, 0.3) is 10.9 Å². The Kier molecular flexibility index (Phi) is 5.25. The number of urea groups is 1. The number of H-pyrrole nitrogens is 1. The average Bonchev–Trinajstić information content (AvgIpc) is 3.44. The van der Waals surface area contributed by atoms with Gasteiger partial charge in [-0.1, -0.05) is 0 Å². The highest BCUT2D eigenvalue weighted by Crippen LogP contribution is 2.35. The normalized spacial score (nSPS) is 17.1. The van der Waals surface area contributed by atoms with Gasteiger partial charge in [-0.05, 0) is 73.2 Å². The molecule has 32 heavy (non-hydrogen) atoms. The average molecular weight is 433 g/mol. The van der Waals surface area contributed by atoms with Gasteiger partial charge in [0.25, 0.3) is 5.91 Å². The van der Waals surface area contributed by atoms with Gasteiger partial charge in [0, 0.05) is 54.5 Å². The van der Waals surface area contributed by atoms with Gasteiger partial charge in [-0.3, -0.25) is 9.69 Å². The molecular formula is C25H28N4O3. The Labute approximate surface area is 187 Å². The number of ether oxygens (including phenoxy) is 1. The van der Waals surface area contributed by atoms with E-state index >= 15 is 0 Å². The molecule has 0 spiro atoms. The van der Waals surface area contributed by atoms with Gasteiger partial charge >= 0.3 is 6.03 Å². The minimum atomic E-state index is -0.0795. The number of anilines is 1. The molecule has 2 aliphatic heterocycles. The lowest BCUT2D eigenvalue weighted by Gasteiger charge is -2.32. The molecule has 3 amide bonds. The zero-order chi connectivity index (χ0) is 22.2. The number of piperidine rings is 1. The lowest BCUT2D eigenvalue weighted by atomic mass is 9.89. The largest absolute Gasteiger partial charge is 0.497 e. The van der Waals surface area contributed by atoms with Crippen LogP contribution in [-0.4, -0.2) is 55.1 Å². The van der Waals surface area contributed by atoms with Gasteiger partial charge < -0.3 is 19.9 Å². The van der Waals surface area contributed by atoms with Crippen LogP contribution in [-0.2, 0) is 0 Å². The molecule has 2 N–H and O–H groups in total. The topological polar surface area (TPSA) is 77.7 Å². The van der Waals surface area contributed by atoms with Crippen molar-refractivity contribution in [1.82, 2.24) is 15.2 Å². The first-order chi connectivity index (χ1) is 15.5. The molecule has 2 saturated heterocycles. The highest BCUT2D eigenvalue weighted by atomic mass is 16.5. The van der Waals surface area contributed by atoms with Crippen LogP contribution in [0.1, 0.15) is 40.2 Å². The van der Waals surface area contributed by atoms with Crippen LogP contribution in [0.5, 0.6) is 5.75 Å². The summed E-state index contributed by atoms with van der Waals surface area (Å²) in [5.74, 6) is 1.33. The fourth-order valence-corrected chi connectivity index (χ4v) is 4.96. The number of aryl methyl sites for hydroxylation is 1. The number of aromatic amines is 1. The number of nitrogens with one attached hydrogen (secondary N) is 2. The smallest absolute Gasteiger partial charge is 0.322 e. The SMILES string of the molecule is COc1ccc2[nH]cc(C3CCN(C(=O)c4ccc(N5CCNC5=O)c(C)c4)CC3)c2c1. The number of carbonyl (C=O) groups is 2. The van der Waals surface area contributed by atoms with Crippen LogP contribution in [0, 0.1) is 6.92 Å². The van der Waals surface area contributed by atoms with Crippen molar-refractivity contribution in [2.45, 2.75) is 25.7 Å². The Morgan fingerprint density at radius 3 is 2.59 bits per heavy atom. The van der Waals surface area contributed by atoms with Gasteiger partial charge in [0.05, 0.1) is 7.11 Å². The second-order valence-electron chi connectivity index (χ2n) is 8.61. The maximum Gasteiger partial charge on any atom is 0.322 e. The molecule has 0 radical (unpaired) electrons. The minimum Gasteiger partial charge on any atom is -0.497 e. The monoisotopic (exact) mass is 432 g/mol. The first-order valence-corrected chi connectivity index (χ1v) is 11.2. The molecule has 2 aromatic carbocycles. The van der Waals surface area contributed by atoms with E-state index in [2.05, 4.69) is 22.6 Å². The summed E-state index contributed by atoms with van der Waals surface area (Å²) < 4.78 is 5.40. The van der Waals surface area contributed by atoms with Crippen molar-refractivity contribution in [3.63, 3.8) is 0 Å². The molecule has 0 aliphatic carbocycles. The first kappa shape index (κ1) is 20.4. The van der Waals surface area contributed by atoms with E-state index in [0.29, 0.717) is 24.6 Å². The predicted molar refractivity (Wildman–Crippen MR) is 125 cm³/mol. The number of amides is 3. The van der Waals surface area contributed by atoms with Crippen molar-refractivity contribution in [3.8, 4) is 5.75 Å². The first-order valence-electron chi connectivity index (χ1n) is 11.2. The van der Waals surface area contributed by atoms with Crippen LogP contribution in [0.3, 0.4) is 0 Å². The quantitative estimate of drug-likeness (QED) is 0.653. The predicted octanol–water partition coefficient (Wildman–Crippen LogP) is 4.03. The molecular weight excluding hydrogens is 404 g/mol. The van der Waals surface area contributed by atoms with Crippen molar-refractivity contribution in [2.24, 2.45) is 0 Å². The van der Waals surface area contributed by atoms with Gasteiger partial charge in [0.15, 0.2) is 0 Å². The maximum absolute atomic E-state index is 13.1. The Morgan fingerprint density at radius 2 is 1.91 bits per heavy atom. The summed E-state index contributed by atoms with van der Waals surface area (Å²) in [5.41, 5.74) is 4.90. The van der Waals surface area contributed by atoms with Crippen molar-refractivity contribution in [2.75, 3.05) is 38.2 Å². The lowest BCUT2D eigenvalue weighted by Crippen LogP contribution is -2.38. The lowest BCUT2D eigenvalue weighted by molar-refractivity contribution is 0.0713. The van der Waals surface area contributed by atoms with Gasteiger partial charge in [0.1, 0.15) is 5.75 Å². The summed E-state index contributed by atoms with van der Waals surface area (Å²) in [6, 6.07) is 11.7. The van der Waals surface area contributed by atoms with Crippen LogP contribution < -0.4 is 15.0 Å². The van der Waals surface area contributed by atoms with Crippen LogP contribution in [0.15, 0.2) is 42.6 Å². The molecule has 2 aliphatic rings. The summed E-state index contributed by atoms with van der Waals surface area (Å²) in [6.45, 7) is 4.72. The number of hydrogen-bond donors (Lipinski definition) is 2. The molecule has 3 heterocycles. The highest BCUT2D eigenvalue weighted by Gasteiger charge is 2.27. The molecule has 7 nitrogen and oxygen atoms in total. The van der Waals surface area contributed by atoms with Crippen LogP contribution in [0.4, 0.5) is 10.5 Å². The molecule has 7 heteroatoms. The molecule has 166 valence electrons. The fraction of sp³-hybridized carbons (Fsp3) is 0.360. The molecule has 1 aromatic heterocycles. The summed E-state index contributed by atoms with van der Waals surface area (Å²) in [6.07, 6.45) is 3.96. The number of rotatable bonds is 4. The molecule has 5 rings (SSSR count). The van der Waals surface area contributed by atoms with Gasteiger partial charge in [0.2, 0.25) is 0 Å². The molecule has 0 bridgehead atoms. The summed E-state index contributed by atoms with van der Waals surface area (Å²) in [5, 5.41) is 4.02. The van der Waals surface area contributed by atoms with E-state index in [1.165, 1.54) is 10.9 Å². The zero-order valence-electron chi connectivity index (χ0n) is 18.5. The van der Waals surface area contributed by atoms with E-state index < -0.39 is 0 Å². The van der Waals surface area contributed by atoms with Gasteiger partial charge in [-0.2, -0.15) is 0 Å². The second kappa shape index (κ2) is 8.22. The van der Waals surface area contributed by atoms with Crippen molar-refractivity contribution >= 4 is 28.5 Å². The number of likely N-dealkylation sites (tertiary alicyclic amines) is 1. The standard InChI is InChI=1S/C25H28N4O3/c1-16-13-18(3-6-23(16)29-12-9-26-25(29)31)24(30)28-10-7-17(8-11-28)21-15-27-22-5-4-19(32-2)14-20(21)22/h3-6,13-15,17,27H,7-12H2,1-2H3,(H,26,31). The Hall–Kier alpha value is -3.48. The third kappa shape index (κ3) is 3.57. The number of aromatic nitrogens is 1. The maximum atomic E-state index is 13.1. The zero-order valence-corrected chi connectivity index (χ0v) is 18.5. The van der Waals surface area contributed by atoms with E-state index in [0.717, 1.165) is 48.4 Å². The summed E-state index contributed by atoms with van der Waals surface area (Å²) in [7, 11) is 1.69. The van der Waals surface area contributed by atoms with E-state index in [-0.39, 0.29) is 11.9 Å². The van der Waals surface area contributed by atoms with E-state index in [1.807, 2.05) is 42.2 Å². The van der Waals surface area contributed by atoms with E-state index in [9.17, 15) is 9.59 Å². The number of hydrogen-bond acceptors (Lipinski definition) is 3. The molecule has 3 aromatic rings. The Bertz CT molecular complexity index is 1180. The van der Waals surface area contributed by atoms with Gasteiger partial charge in [-0.25, -0.2) is 4.79 Å². The van der Waals surface area contributed by atoms with Gasteiger partial charge in [-0.15, -0.1) is 0 Å². The van der Waals surface area contributed by atoms with E-state index in [1.54, 1.807) is 12.0 Å². The van der Waals surface area contributed by atoms with Crippen LogP contribution >= 0.6 is 0 Å². The second-order valence-corrected chi connectivity index (χ2v) is 8.61. The molecule has 2 fully saturated rings. The molecule has 0 unspecified atom stereocenters. The van der Waals surface area contributed by atoms with Crippen molar-refractivity contribution < 1.29 is 14.3 Å². The molecule has 0 saturated carbocycles. The Morgan fingerprint density at radius 1 is 1.09 bits per heavy atom. The molecule has 0 atom stereocenters. The third-order valence-electron chi connectivity index (χ3n) is 6.73. The van der Waals surface area contributed by atoms with Crippen molar-refractivity contribution in [1.29, 1.82) is 0 Å². The number of nitrogens with zero attached hydrogens (tertiary/aromatic N) is 2.